The molecule has 2 heteroatoms. The van der Waals surface area contributed by atoms with Gasteiger partial charge in [0.25, 0.3) is 0 Å². The highest BCUT2D eigenvalue weighted by atomic mass is 14.6. The molecule has 0 amide bonds. The molecule has 2 heterocycles. The third-order valence-electron chi connectivity index (χ3n) is 1.96. The van der Waals surface area contributed by atoms with Crippen LogP contribution in [0.25, 0.3) is 0 Å². The zero-order valence-corrected chi connectivity index (χ0v) is 9.51. The summed E-state index contributed by atoms with van der Waals surface area (Å²) in [4.78, 5) is 7.81. The van der Waals surface area contributed by atoms with Crippen LogP contribution in [-0.4, -0.2) is 9.97 Å². The second-order valence-corrected chi connectivity index (χ2v) is 3.22. The molecular formula is C16H8N2. The molecule has 0 bridgehead atoms. The predicted molar refractivity (Wildman–Crippen MR) is 70.0 cm³/mol. The van der Waals surface area contributed by atoms with Crippen molar-refractivity contribution in [1.29, 1.82) is 0 Å². The highest BCUT2D eigenvalue weighted by Gasteiger charge is 1.80. The Kier molecular flexibility index (Phi) is 4.16. The van der Waals surface area contributed by atoms with E-state index in [4.69, 9.17) is 0 Å². The van der Waals surface area contributed by atoms with Crippen LogP contribution in [-0.2, 0) is 0 Å². The summed E-state index contributed by atoms with van der Waals surface area (Å²) in [5.41, 5.74) is 1.78. The molecule has 0 unspecified atom stereocenters. The smallest absolute Gasteiger partial charge is 0.0286 e. The number of hydrogen-bond donors (Lipinski definition) is 0. The first-order chi connectivity index (χ1) is 8.95. The van der Waals surface area contributed by atoms with Crippen molar-refractivity contribution in [1.82, 2.24) is 9.97 Å². The summed E-state index contributed by atoms with van der Waals surface area (Å²) in [6.07, 6.45) is 6.78. The van der Waals surface area contributed by atoms with E-state index < -0.39 is 0 Å². The largest absolute Gasteiger partial charge is 0.265 e. The van der Waals surface area contributed by atoms with Gasteiger partial charge in [0.05, 0.1) is 0 Å². The highest BCUT2D eigenvalue weighted by molar-refractivity contribution is 5.44. The summed E-state index contributed by atoms with van der Waals surface area (Å²) in [5, 5.41) is 0. The zero-order chi connectivity index (χ0) is 12.5. The maximum Gasteiger partial charge on any atom is 0.0286 e. The van der Waals surface area contributed by atoms with E-state index in [0.717, 1.165) is 11.1 Å². The molecule has 0 radical (unpaired) electrons. The summed E-state index contributed by atoms with van der Waals surface area (Å²) < 4.78 is 0. The topological polar surface area (TPSA) is 25.8 Å². The van der Waals surface area contributed by atoms with Gasteiger partial charge in [-0.15, -0.1) is 0 Å². The van der Waals surface area contributed by atoms with Gasteiger partial charge in [-0.1, -0.05) is 11.8 Å². The second-order valence-electron chi connectivity index (χ2n) is 3.22. The monoisotopic (exact) mass is 228 g/mol. The minimum absolute atomic E-state index is 0.890. The molecule has 82 valence electrons. The number of nitrogens with zero attached hydrogens (tertiary/aromatic N) is 2. The summed E-state index contributed by atoms with van der Waals surface area (Å²) in [6.45, 7) is 0. The van der Waals surface area contributed by atoms with Crippen LogP contribution in [0, 0.1) is 35.5 Å². The number of pyridine rings is 2. The van der Waals surface area contributed by atoms with Crippen molar-refractivity contribution in [2.24, 2.45) is 0 Å². The van der Waals surface area contributed by atoms with E-state index in [1.165, 1.54) is 0 Å². The Morgan fingerprint density at radius 2 is 0.944 bits per heavy atom. The number of aromatic nitrogens is 2. The van der Waals surface area contributed by atoms with Crippen LogP contribution >= 0.6 is 0 Å². The average molecular weight is 228 g/mol. The van der Waals surface area contributed by atoms with Crippen LogP contribution in [0.15, 0.2) is 49.1 Å². The van der Waals surface area contributed by atoms with Crippen molar-refractivity contribution in [2.75, 3.05) is 0 Å². The Balaban J connectivity index is 1.99. The lowest BCUT2D eigenvalue weighted by molar-refractivity contribution is 1.32. The van der Waals surface area contributed by atoms with E-state index in [2.05, 4.69) is 45.5 Å². The Labute approximate surface area is 106 Å². The molecule has 2 aromatic heterocycles. The summed E-state index contributed by atoms with van der Waals surface area (Å²) in [5.74, 6) is 16.6. The summed E-state index contributed by atoms with van der Waals surface area (Å²) in [6, 6.07) is 7.32. The third-order valence-corrected chi connectivity index (χ3v) is 1.96. The highest BCUT2D eigenvalue weighted by Crippen LogP contribution is 1.92. The number of rotatable bonds is 0. The van der Waals surface area contributed by atoms with Crippen LogP contribution in [0.5, 0.6) is 0 Å². The van der Waals surface area contributed by atoms with Crippen LogP contribution in [0.3, 0.4) is 0 Å². The van der Waals surface area contributed by atoms with Gasteiger partial charge in [-0.3, -0.25) is 9.97 Å². The van der Waals surface area contributed by atoms with Crippen LogP contribution in [0.1, 0.15) is 11.1 Å². The molecule has 2 aromatic rings. The Morgan fingerprint density at radius 3 is 1.33 bits per heavy atom. The van der Waals surface area contributed by atoms with Crippen molar-refractivity contribution in [3.63, 3.8) is 0 Å². The van der Waals surface area contributed by atoms with E-state index in [9.17, 15) is 0 Å². The SMILES string of the molecule is C(#CC#Cc1ccncc1)C#Cc1ccncc1. The van der Waals surface area contributed by atoms with Gasteiger partial charge in [-0.25, -0.2) is 0 Å². The molecule has 0 aliphatic carbocycles. The van der Waals surface area contributed by atoms with Gasteiger partial charge in [0.15, 0.2) is 0 Å². The molecular weight excluding hydrogens is 220 g/mol. The lowest BCUT2D eigenvalue weighted by Crippen LogP contribution is -1.73. The molecule has 0 N–H and O–H groups in total. The van der Waals surface area contributed by atoms with Gasteiger partial charge >= 0.3 is 0 Å². The van der Waals surface area contributed by atoms with Crippen LogP contribution < -0.4 is 0 Å². The van der Waals surface area contributed by atoms with E-state index >= 15 is 0 Å². The third kappa shape index (κ3) is 3.86. The molecule has 18 heavy (non-hydrogen) atoms. The normalized spacial score (nSPS) is 7.78. The van der Waals surface area contributed by atoms with E-state index in [1.807, 2.05) is 24.3 Å². The molecule has 0 atom stereocenters. The maximum absolute atomic E-state index is 3.91. The quantitative estimate of drug-likeness (QED) is 0.643. The van der Waals surface area contributed by atoms with Crippen LogP contribution in [0.2, 0.25) is 0 Å². The molecule has 0 aliphatic rings. The minimum atomic E-state index is 0.890. The fourth-order valence-electron chi connectivity index (χ4n) is 1.14. The van der Waals surface area contributed by atoms with Gasteiger partial charge in [0, 0.05) is 35.9 Å². The molecule has 0 spiro atoms. The van der Waals surface area contributed by atoms with Crippen molar-refractivity contribution in [3.8, 4) is 35.5 Å². The first kappa shape index (κ1) is 11.5. The standard InChI is InChI=1S/C16H8N2/c1(3-5-15-7-11-17-12-8-15)2-4-6-16-9-13-18-14-10-16/h7-14H. The predicted octanol–water partition coefficient (Wildman–Crippen LogP) is 1.88. The van der Waals surface area contributed by atoms with Gasteiger partial charge in [-0.2, -0.15) is 0 Å². The maximum atomic E-state index is 3.91. The fourth-order valence-corrected chi connectivity index (χ4v) is 1.14. The fraction of sp³-hybridized carbons (Fsp3) is 0. The summed E-state index contributed by atoms with van der Waals surface area (Å²) in [7, 11) is 0. The van der Waals surface area contributed by atoms with Crippen molar-refractivity contribution < 1.29 is 0 Å². The Bertz CT molecular complexity index is 623. The number of hydrogen-bond acceptors (Lipinski definition) is 2. The Hall–Kier alpha value is -3.02. The molecule has 0 saturated heterocycles. The second kappa shape index (κ2) is 6.54. The molecule has 2 nitrogen and oxygen atoms in total. The first-order valence-electron chi connectivity index (χ1n) is 5.27. The van der Waals surface area contributed by atoms with Crippen molar-refractivity contribution >= 4 is 0 Å². The minimum Gasteiger partial charge on any atom is -0.265 e. The van der Waals surface area contributed by atoms with E-state index in [0.29, 0.717) is 0 Å². The van der Waals surface area contributed by atoms with Gasteiger partial charge in [-0.05, 0) is 47.9 Å². The molecule has 0 aromatic carbocycles. The molecule has 0 saturated carbocycles. The zero-order valence-electron chi connectivity index (χ0n) is 9.51. The van der Waals surface area contributed by atoms with Gasteiger partial charge in [0.1, 0.15) is 0 Å². The molecule has 0 aliphatic heterocycles. The molecule has 0 fully saturated rings. The van der Waals surface area contributed by atoms with Gasteiger partial charge < -0.3 is 0 Å². The van der Waals surface area contributed by atoms with Crippen molar-refractivity contribution in [3.05, 3.63) is 60.2 Å². The van der Waals surface area contributed by atoms with E-state index in [1.54, 1.807) is 24.8 Å². The lowest BCUT2D eigenvalue weighted by Gasteiger charge is -1.83. The average Bonchev–Trinajstić information content (AvgIpc) is 2.45. The van der Waals surface area contributed by atoms with Crippen LogP contribution in [0.4, 0.5) is 0 Å². The van der Waals surface area contributed by atoms with Gasteiger partial charge in [0.2, 0.25) is 0 Å². The molecule has 2 rings (SSSR count). The van der Waals surface area contributed by atoms with E-state index in [-0.39, 0.29) is 0 Å². The van der Waals surface area contributed by atoms with Crippen molar-refractivity contribution in [2.45, 2.75) is 0 Å². The lowest BCUT2D eigenvalue weighted by atomic mass is 10.3. The first-order valence-corrected chi connectivity index (χ1v) is 5.27. The summed E-state index contributed by atoms with van der Waals surface area (Å²) >= 11 is 0. The Morgan fingerprint density at radius 1 is 0.556 bits per heavy atom.